The molecular formula is C7H17N. The Hall–Kier alpha value is -0.460. The fourth-order valence-corrected chi connectivity index (χ4v) is 0.306. The molecule has 0 radical (unpaired) electrons. The van der Waals surface area contributed by atoms with Gasteiger partial charge in [-0.2, -0.15) is 0 Å². The van der Waals surface area contributed by atoms with Gasteiger partial charge < -0.3 is 5.32 Å². The first-order valence-corrected chi connectivity index (χ1v) is 2.45. The van der Waals surface area contributed by atoms with Crippen LogP contribution in [0.3, 0.4) is 0 Å². The molecule has 50 valence electrons. The van der Waals surface area contributed by atoms with E-state index in [-0.39, 0.29) is 13.0 Å². The molecule has 8 heavy (non-hydrogen) atoms. The van der Waals surface area contributed by atoms with Crippen molar-refractivity contribution in [1.82, 2.24) is 5.32 Å². The van der Waals surface area contributed by atoms with E-state index in [4.69, 9.17) is 0 Å². The molecule has 0 atom stereocenters. The Morgan fingerprint density at radius 2 is 1.75 bits per heavy atom. The first kappa shape index (κ1) is 10.5. The monoisotopic (exact) mass is 115 g/mol. The summed E-state index contributed by atoms with van der Waals surface area (Å²) in [6, 6.07) is 0. The van der Waals surface area contributed by atoms with Crippen LogP contribution in [0.5, 0.6) is 0 Å². The standard InChI is InChI=1S/C6H13N.CH4/c1-5-7-6(2,3)4;/h5,7H,1H2,2-4H3;1H4. The lowest BCUT2D eigenvalue weighted by atomic mass is 10.1. The van der Waals surface area contributed by atoms with Crippen LogP contribution in [0.2, 0.25) is 0 Å². The third kappa shape index (κ3) is 9.11. The smallest absolute Gasteiger partial charge is 0.0283 e. The largest absolute Gasteiger partial charge is 0.387 e. The lowest BCUT2D eigenvalue weighted by Gasteiger charge is -2.17. The summed E-state index contributed by atoms with van der Waals surface area (Å²) in [6.07, 6.45) is 1.71. The van der Waals surface area contributed by atoms with E-state index in [1.807, 2.05) is 0 Å². The maximum absolute atomic E-state index is 3.53. The van der Waals surface area contributed by atoms with E-state index >= 15 is 0 Å². The SMILES string of the molecule is C.C=CNC(C)(C)C. The van der Waals surface area contributed by atoms with Crippen molar-refractivity contribution in [3.63, 3.8) is 0 Å². The van der Waals surface area contributed by atoms with Gasteiger partial charge in [0.2, 0.25) is 0 Å². The molecule has 0 heterocycles. The second-order valence-electron chi connectivity index (χ2n) is 2.60. The van der Waals surface area contributed by atoms with E-state index in [1.165, 1.54) is 0 Å². The van der Waals surface area contributed by atoms with Crippen LogP contribution in [0.15, 0.2) is 12.8 Å². The van der Waals surface area contributed by atoms with E-state index in [0.29, 0.717) is 0 Å². The van der Waals surface area contributed by atoms with Gasteiger partial charge >= 0.3 is 0 Å². The molecule has 0 aromatic carbocycles. The highest BCUT2D eigenvalue weighted by Crippen LogP contribution is 1.96. The molecule has 1 nitrogen and oxygen atoms in total. The van der Waals surface area contributed by atoms with Crippen molar-refractivity contribution in [3.8, 4) is 0 Å². The third-order valence-electron chi connectivity index (χ3n) is 0.535. The molecule has 0 spiro atoms. The predicted molar refractivity (Wildman–Crippen MR) is 39.8 cm³/mol. The van der Waals surface area contributed by atoms with Crippen LogP contribution in [0.25, 0.3) is 0 Å². The average Bonchev–Trinajstić information content (AvgIpc) is 1.30. The zero-order valence-corrected chi connectivity index (χ0v) is 5.28. The number of nitrogens with one attached hydrogen (secondary N) is 1. The van der Waals surface area contributed by atoms with Crippen molar-refractivity contribution >= 4 is 0 Å². The van der Waals surface area contributed by atoms with Crippen LogP contribution in [0.1, 0.15) is 28.2 Å². The highest BCUT2D eigenvalue weighted by molar-refractivity contribution is 4.77. The van der Waals surface area contributed by atoms with E-state index in [1.54, 1.807) is 6.20 Å². The highest BCUT2D eigenvalue weighted by atomic mass is 14.9. The molecule has 0 aliphatic rings. The Labute approximate surface area is 52.8 Å². The van der Waals surface area contributed by atoms with Crippen LogP contribution in [0.4, 0.5) is 0 Å². The zero-order valence-electron chi connectivity index (χ0n) is 5.28. The van der Waals surface area contributed by atoms with E-state index in [2.05, 4.69) is 32.7 Å². The van der Waals surface area contributed by atoms with Gasteiger partial charge in [0.15, 0.2) is 0 Å². The van der Waals surface area contributed by atoms with Crippen LogP contribution in [0, 0.1) is 0 Å². The normalized spacial score (nSPS) is 9.38. The molecule has 0 unspecified atom stereocenters. The molecule has 0 fully saturated rings. The van der Waals surface area contributed by atoms with Crippen LogP contribution in [-0.2, 0) is 0 Å². The molecule has 0 aliphatic carbocycles. The van der Waals surface area contributed by atoms with Crippen molar-refractivity contribution < 1.29 is 0 Å². The van der Waals surface area contributed by atoms with E-state index in [9.17, 15) is 0 Å². The van der Waals surface area contributed by atoms with Crippen molar-refractivity contribution in [2.45, 2.75) is 33.7 Å². The Balaban J connectivity index is 0. The maximum Gasteiger partial charge on any atom is 0.0283 e. The van der Waals surface area contributed by atoms with Gasteiger partial charge in [-0.05, 0) is 27.0 Å². The molecule has 0 saturated carbocycles. The van der Waals surface area contributed by atoms with Gasteiger partial charge in [-0.15, -0.1) is 0 Å². The van der Waals surface area contributed by atoms with Gasteiger partial charge in [-0.3, -0.25) is 0 Å². The number of rotatable bonds is 1. The summed E-state index contributed by atoms with van der Waals surface area (Å²) in [5.41, 5.74) is 0.182. The first-order chi connectivity index (χ1) is 3.06. The predicted octanol–water partition coefficient (Wildman–Crippen LogP) is 2.15. The van der Waals surface area contributed by atoms with Gasteiger partial charge in [0.25, 0.3) is 0 Å². The second-order valence-corrected chi connectivity index (χ2v) is 2.60. The zero-order chi connectivity index (χ0) is 5.91. The van der Waals surface area contributed by atoms with Gasteiger partial charge in [0.1, 0.15) is 0 Å². The number of hydrogen-bond donors (Lipinski definition) is 1. The molecule has 0 amide bonds. The molecule has 1 heteroatoms. The molecule has 0 rings (SSSR count). The first-order valence-electron chi connectivity index (χ1n) is 2.45. The average molecular weight is 115 g/mol. The molecule has 0 aromatic heterocycles. The summed E-state index contributed by atoms with van der Waals surface area (Å²) >= 11 is 0. The third-order valence-corrected chi connectivity index (χ3v) is 0.535. The fourth-order valence-electron chi connectivity index (χ4n) is 0.306. The Bertz CT molecular complexity index is 59.3. The molecule has 0 aliphatic heterocycles. The quantitative estimate of drug-likeness (QED) is 0.552. The molecule has 0 aromatic rings. The minimum Gasteiger partial charge on any atom is -0.387 e. The summed E-state index contributed by atoms with van der Waals surface area (Å²) in [7, 11) is 0. The van der Waals surface area contributed by atoms with Crippen molar-refractivity contribution in [2.75, 3.05) is 0 Å². The lowest BCUT2D eigenvalue weighted by Crippen LogP contribution is -2.30. The second kappa shape index (κ2) is 3.53. The van der Waals surface area contributed by atoms with Crippen molar-refractivity contribution in [1.29, 1.82) is 0 Å². The molecule has 1 N–H and O–H groups in total. The molecular weight excluding hydrogens is 98.1 g/mol. The summed E-state index contributed by atoms with van der Waals surface area (Å²) in [5.74, 6) is 0. The topological polar surface area (TPSA) is 12.0 Å². The Morgan fingerprint density at radius 3 is 1.75 bits per heavy atom. The fraction of sp³-hybridized carbons (Fsp3) is 0.714. The maximum atomic E-state index is 3.53. The summed E-state index contributed by atoms with van der Waals surface area (Å²) in [6.45, 7) is 9.81. The summed E-state index contributed by atoms with van der Waals surface area (Å²) in [4.78, 5) is 0. The Kier molecular flexibility index (Phi) is 4.64. The van der Waals surface area contributed by atoms with Crippen LogP contribution in [-0.4, -0.2) is 5.54 Å². The summed E-state index contributed by atoms with van der Waals surface area (Å²) in [5, 5.41) is 3.05. The van der Waals surface area contributed by atoms with E-state index in [0.717, 1.165) is 0 Å². The molecule has 0 bridgehead atoms. The van der Waals surface area contributed by atoms with Crippen LogP contribution >= 0.6 is 0 Å². The molecule has 0 saturated heterocycles. The Morgan fingerprint density at radius 1 is 1.38 bits per heavy atom. The van der Waals surface area contributed by atoms with Crippen molar-refractivity contribution in [3.05, 3.63) is 12.8 Å². The lowest BCUT2D eigenvalue weighted by molar-refractivity contribution is 0.492. The number of hydrogen-bond acceptors (Lipinski definition) is 1. The van der Waals surface area contributed by atoms with Crippen molar-refractivity contribution in [2.24, 2.45) is 0 Å². The van der Waals surface area contributed by atoms with Gasteiger partial charge in [0, 0.05) is 5.54 Å². The minimum atomic E-state index is 0. The van der Waals surface area contributed by atoms with Gasteiger partial charge in [-0.1, -0.05) is 14.0 Å². The summed E-state index contributed by atoms with van der Waals surface area (Å²) < 4.78 is 0. The highest BCUT2D eigenvalue weighted by Gasteiger charge is 2.02. The minimum absolute atomic E-state index is 0. The van der Waals surface area contributed by atoms with E-state index < -0.39 is 0 Å². The van der Waals surface area contributed by atoms with Crippen LogP contribution < -0.4 is 5.32 Å². The van der Waals surface area contributed by atoms with Gasteiger partial charge in [-0.25, -0.2) is 0 Å². The van der Waals surface area contributed by atoms with Gasteiger partial charge in [0.05, 0.1) is 0 Å².